The highest BCUT2D eigenvalue weighted by Crippen LogP contribution is 2.44. The van der Waals surface area contributed by atoms with Gasteiger partial charge in [0, 0.05) is 53.8 Å². The average Bonchev–Trinajstić information content (AvgIpc) is 3.06. The van der Waals surface area contributed by atoms with Crippen LogP contribution in [-0.4, -0.2) is 45.3 Å². The second-order valence-corrected chi connectivity index (χ2v) is 9.07. The van der Waals surface area contributed by atoms with Gasteiger partial charge in [-0.25, -0.2) is 0 Å². The van der Waals surface area contributed by atoms with Crippen molar-refractivity contribution in [2.24, 2.45) is 0 Å². The number of likely N-dealkylation sites (tertiary alicyclic amines) is 1. The summed E-state index contributed by atoms with van der Waals surface area (Å²) in [5.41, 5.74) is 4.85. The number of H-pyrrole nitrogens is 1. The maximum Gasteiger partial charge on any atom is 0.125 e. The smallest absolute Gasteiger partial charge is 0.125 e. The SMILES string of the molecule is Cc1ccc2c(c1)[C@@H](O)CC1(CCN(C[C@@H](O)c3c(C)[nH]c4ccccc34)CC1)O2. The summed E-state index contributed by atoms with van der Waals surface area (Å²) in [6.45, 7) is 6.38. The van der Waals surface area contributed by atoms with E-state index in [2.05, 4.69) is 16.0 Å². The zero-order chi connectivity index (χ0) is 20.9. The number of hydrogen-bond donors (Lipinski definition) is 3. The molecule has 2 aliphatic heterocycles. The number of fused-ring (bicyclic) bond motifs is 2. The fourth-order valence-corrected chi connectivity index (χ4v) is 5.27. The zero-order valence-electron chi connectivity index (χ0n) is 17.7. The van der Waals surface area contributed by atoms with Crippen LogP contribution >= 0.6 is 0 Å². The van der Waals surface area contributed by atoms with Crippen molar-refractivity contribution in [3.05, 3.63) is 64.8 Å². The lowest BCUT2D eigenvalue weighted by molar-refractivity contribution is -0.0587. The molecule has 0 radical (unpaired) electrons. The van der Waals surface area contributed by atoms with Crippen molar-refractivity contribution < 1.29 is 14.9 Å². The van der Waals surface area contributed by atoms with Crippen molar-refractivity contribution in [2.45, 2.75) is 50.9 Å². The molecule has 3 N–H and O–H groups in total. The van der Waals surface area contributed by atoms with Gasteiger partial charge in [-0.1, -0.05) is 29.8 Å². The van der Waals surface area contributed by atoms with Gasteiger partial charge in [-0.05, 0) is 44.9 Å². The maximum atomic E-state index is 11.0. The fraction of sp³-hybridized carbons (Fsp3) is 0.440. The summed E-state index contributed by atoms with van der Waals surface area (Å²) in [4.78, 5) is 5.70. The molecule has 1 aromatic heterocycles. The van der Waals surface area contributed by atoms with Gasteiger partial charge in [0.2, 0.25) is 0 Å². The monoisotopic (exact) mass is 406 g/mol. The Balaban J connectivity index is 1.27. The van der Waals surface area contributed by atoms with Crippen molar-refractivity contribution in [1.29, 1.82) is 0 Å². The Labute approximate surface area is 177 Å². The summed E-state index contributed by atoms with van der Waals surface area (Å²) in [5.74, 6) is 0.822. The van der Waals surface area contributed by atoms with Gasteiger partial charge in [0.05, 0.1) is 12.2 Å². The quantitative estimate of drug-likeness (QED) is 0.611. The van der Waals surface area contributed by atoms with Gasteiger partial charge >= 0.3 is 0 Å². The van der Waals surface area contributed by atoms with E-state index in [4.69, 9.17) is 4.74 Å². The van der Waals surface area contributed by atoms with E-state index in [0.29, 0.717) is 13.0 Å². The van der Waals surface area contributed by atoms with E-state index in [0.717, 1.165) is 65.0 Å². The molecule has 2 aliphatic rings. The van der Waals surface area contributed by atoms with E-state index in [-0.39, 0.29) is 5.60 Å². The first-order valence-corrected chi connectivity index (χ1v) is 10.9. The lowest BCUT2D eigenvalue weighted by Crippen LogP contribution is -2.51. The second kappa shape index (κ2) is 7.41. The van der Waals surface area contributed by atoms with Gasteiger partial charge in [0.1, 0.15) is 11.4 Å². The Bertz CT molecular complexity index is 1070. The van der Waals surface area contributed by atoms with E-state index in [1.54, 1.807) is 0 Å². The highest BCUT2D eigenvalue weighted by molar-refractivity contribution is 5.84. The van der Waals surface area contributed by atoms with E-state index in [1.165, 1.54) is 0 Å². The third kappa shape index (κ3) is 3.41. The lowest BCUT2D eigenvalue weighted by Gasteiger charge is -2.46. The van der Waals surface area contributed by atoms with Crippen LogP contribution in [0.1, 0.15) is 53.9 Å². The molecule has 0 aliphatic carbocycles. The Kier molecular flexibility index (Phi) is 4.85. The predicted octanol–water partition coefficient (Wildman–Crippen LogP) is 4.17. The normalized spacial score (nSPS) is 22.1. The van der Waals surface area contributed by atoms with E-state index < -0.39 is 12.2 Å². The molecule has 5 heteroatoms. The third-order valence-corrected chi connectivity index (χ3v) is 6.89. The molecule has 5 rings (SSSR count). The van der Waals surface area contributed by atoms with Crippen LogP contribution in [0.4, 0.5) is 0 Å². The molecule has 3 aromatic rings. The number of benzene rings is 2. The van der Waals surface area contributed by atoms with Crippen molar-refractivity contribution in [2.75, 3.05) is 19.6 Å². The molecule has 2 atom stereocenters. The minimum absolute atomic E-state index is 0.306. The molecule has 0 saturated carbocycles. The number of aliphatic hydroxyl groups excluding tert-OH is 2. The van der Waals surface area contributed by atoms with E-state index >= 15 is 0 Å². The maximum absolute atomic E-state index is 11.0. The molecule has 3 heterocycles. The number of aliphatic hydroxyl groups is 2. The summed E-state index contributed by atoms with van der Waals surface area (Å²) in [7, 11) is 0. The molecule has 5 nitrogen and oxygen atoms in total. The molecule has 158 valence electrons. The first-order chi connectivity index (χ1) is 14.4. The van der Waals surface area contributed by atoms with Crippen LogP contribution in [-0.2, 0) is 0 Å². The topological polar surface area (TPSA) is 68.7 Å². The second-order valence-electron chi connectivity index (χ2n) is 9.07. The summed E-state index contributed by atoms with van der Waals surface area (Å²) in [5, 5.41) is 22.8. The number of aromatic nitrogens is 1. The van der Waals surface area contributed by atoms with Crippen LogP contribution in [0.15, 0.2) is 42.5 Å². The van der Waals surface area contributed by atoms with Gasteiger partial charge < -0.3 is 24.8 Å². The van der Waals surface area contributed by atoms with Gasteiger partial charge in [0.15, 0.2) is 0 Å². The third-order valence-electron chi connectivity index (χ3n) is 6.89. The summed E-state index contributed by atoms with van der Waals surface area (Å²) >= 11 is 0. The molecular formula is C25H30N2O3. The Morgan fingerprint density at radius 1 is 1.17 bits per heavy atom. The standard InChI is InChI=1S/C25H30N2O3/c1-16-7-8-23-19(13-16)21(28)14-25(30-23)9-11-27(12-10-25)15-22(29)24-17(2)26-20-6-4-3-5-18(20)24/h3-8,13,21-22,26,28-29H,9-12,14-15H2,1-2H3/t21-,22+/m0/s1. The van der Waals surface area contributed by atoms with Crippen LogP contribution in [0.5, 0.6) is 5.75 Å². The molecule has 1 fully saturated rings. The van der Waals surface area contributed by atoms with Crippen LogP contribution in [0.3, 0.4) is 0 Å². The molecule has 30 heavy (non-hydrogen) atoms. The Morgan fingerprint density at radius 3 is 2.73 bits per heavy atom. The number of aryl methyl sites for hydroxylation is 2. The van der Waals surface area contributed by atoms with Gasteiger partial charge in [-0.2, -0.15) is 0 Å². The first-order valence-electron chi connectivity index (χ1n) is 10.9. The van der Waals surface area contributed by atoms with Crippen LogP contribution in [0.25, 0.3) is 10.9 Å². The van der Waals surface area contributed by atoms with Gasteiger partial charge in [-0.15, -0.1) is 0 Å². The van der Waals surface area contributed by atoms with Crippen LogP contribution in [0, 0.1) is 13.8 Å². The minimum Gasteiger partial charge on any atom is -0.487 e. The summed E-state index contributed by atoms with van der Waals surface area (Å²) < 4.78 is 6.43. The van der Waals surface area contributed by atoms with Crippen molar-refractivity contribution in [3.63, 3.8) is 0 Å². The molecule has 1 saturated heterocycles. The largest absolute Gasteiger partial charge is 0.487 e. The van der Waals surface area contributed by atoms with Gasteiger partial charge in [-0.3, -0.25) is 0 Å². The average molecular weight is 407 g/mol. The summed E-state index contributed by atoms with van der Waals surface area (Å²) in [6.07, 6.45) is 1.35. The van der Waals surface area contributed by atoms with Crippen molar-refractivity contribution in [1.82, 2.24) is 9.88 Å². The highest BCUT2D eigenvalue weighted by atomic mass is 16.5. The number of nitrogens with one attached hydrogen (secondary N) is 1. The van der Waals surface area contributed by atoms with E-state index in [9.17, 15) is 10.2 Å². The molecule has 0 unspecified atom stereocenters. The Hall–Kier alpha value is -2.34. The first kappa shape index (κ1) is 19.6. The number of aromatic amines is 1. The number of β-amino-alcohol motifs (C(OH)–C–C–N with tert-alkyl or cyclic N) is 1. The molecule has 0 amide bonds. The number of hydrogen-bond acceptors (Lipinski definition) is 4. The molecule has 0 bridgehead atoms. The number of para-hydroxylation sites is 1. The lowest BCUT2D eigenvalue weighted by atomic mass is 9.81. The van der Waals surface area contributed by atoms with Crippen molar-refractivity contribution in [3.8, 4) is 5.75 Å². The molecular weight excluding hydrogens is 376 g/mol. The fourth-order valence-electron chi connectivity index (χ4n) is 5.27. The molecule has 1 spiro atoms. The van der Waals surface area contributed by atoms with Crippen LogP contribution < -0.4 is 4.74 Å². The van der Waals surface area contributed by atoms with Crippen LogP contribution in [0.2, 0.25) is 0 Å². The van der Waals surface area contributed by atoms with Gasteiger partial charge in [0.25, 0.3) is 0 Å². The minimum atomic E-state index is -0.531. The zero-order valence-corrected chi connectivity index (χ0v) is 17.7. The molecule has 2 aromatic carbocycles. The number of nitrogens with zero attached hydrogens (tertiary/aromatic N) is 1. The summed E-state index contributed by atoms with van der Waals surface area (Å²) in [6, 6.07) is 14.2. The highest BCUT2D eigenvalue weighted by Gasteiger charge is 2.43. The predicted molar refractivity (Wildman–Crippen MR) is 118 cm³/mol. The number of rotatable bonds is 3. The number of ether oxygens (including phenoxy) is 1. The number of piperidine rings is 1. The Morgan fingerprint density at radius 2 is 1.93 bits per heavy atom. The van der Waals surface area contributed by atoms with E-state index in [1.807, 2.05) is 50.2 Å². The van der Waals surface area contributed by atoms with Crippen molar-refractivity contribution >= 4 is 10.9 Å².